The second-order valence-corrected chi connectivity index (χ2v) is 10.2. The lowest BCUT2D eigenvalue weighted by molar-refractivity contribution is -0.368. The number of aliphatic hydroxyl groups excluding tert-OH is 7. The highest BCUT2D eigenvalue weighted by molar-refractivity contribution is 5.77. The fourth-order valence-corrected chi connectivity index (χ4v) is 5.23. The number of ether oxygens (including phenoxy) is 9. The summed E-state index contributed by atoms with van der Waals surface area (Å²) in [7, 11) is 2.40. The Morgan fingerprint density at radius 2 is 1.32 bits per heavy atom. The van der Waals surface area contributed by atoms with E-state index in [2.05, 4.69) is 0 Å². The van der Waals surface area contributed by atoms with Gasteiger partial charge in [-0.2, -0.15) is 0 Å². The number of fused-ring (bicyclic) bond motifs is 1. The molecule has 16 atom stereocenters. The van der Waals surface area contributed by atoms with E-state index in [1.54, 1.807) is 0 Å². The Bertz CT molecular complexity index is 861. The minimum Gasteiger partial charge on any atom is -0.465 e. The van der Waals surface area contributed by atoms with Gasteiger partial charge in [0.05, 0.1) is 26.4 Å². The van der Waals surface area contributed by atoms with Gasteiger partial charge in [0.2, 0.25) is 0 Å². The molecule has 0 bridgehead atoms. The van der Waals surface area contributed by atoms with E-state index >= 15 is 0 Å². The third-order valence-electron chi connectivity index (χ3n) is 7.49. The van der Waals surface area contributed by atoms with E-state index in [0.717, 1.165) is 7.11 Å². The summed E-state index contributed by atoms with van der Waals surface area (Å²) in [6.45, 7) is 1.36. The van der Waals surface area contributed by atoms with Gasteiger partial charge in [0.15, 0.2) is 18.9 Å². The Balaban J connectivity index is 1.62. The van der Waals surface area contributed by atoms with Crippen molar-refractivity contribution in [3.63, 3.8) is 0 Å². The van der Waals surface area contributed by atoms with Crippen LogP contribution in [0.25, 0.3) is 0 Å². The molecular weight excluding hydrogens is 548 g/mol. The van der Waals surface area contributed by atoms with E-state index in [9.17, 15) is 40.5 Å². The van der Waals surface area contributed by atoms with Crippen molar-refractivity contribution in [2.45, 2.75) is 112 Å². The number of rotatable bonds is 8. The maximum Gasteiger partial charge on any atom is 0.366 e. The summed E-state index contributed by atoms with van der Waals surface area (Å²) in [5, 5.41) is 71.8. The van der Waals surface area contributed by atoms with Crippen LogP contribution in [0.1, 0.15) is 13.8 Å². The van der Waals surface area contributed by atoms with Gasteiger partial charge in [0.25, 0.3) is 5.79 Å². The number of hydrogen-bond donors (Lipinski definition) is 7. The molecule has 4 fully saturated rings. The highest BCUT2D eigenvalue weighted by Crippen LogP contribution is 2.42. The normalized spacial score (nSPS) is 51.3. The van der Waals surface area contributed by atoms with Gasteiger partial charge in [-0.1, -0.05) is 0 Å². The number of aliphatic hydroxyl groups is 7. The summed E-state index contributed by atoms with van der Waals surface area (Å²) in [4.78, 5) is 12.6. The Morgan fingerprint density at radius 1 is 0.725 bits per heavy atom. The second-order valence-electron chi connectivity index (χ2n) is 10.2. The molecule has 17 heteroatoms. The van der Waals surface area contributed by atoms with Crippen molar-refractivity contribution in [1.29, 1.82) is 0 Å². The minimum absolute atomic E-state index is 0.714. The van der Waals surface area contributed by atoms with Crippen LogP contribution < -0.4 is 0 Å². The largest absolute Gasteiger partial charge is 0.465 e. The molecule has 0 radical (unpaired) electrons. The summed E-state index contributed by atoms with van der Waals surface area (Å²) in [6.07, 6.45) is -21.0. The number of hydrogen-bond acceptors (Lipinski definition) is 17. The van der Waals surface area contributed by atoms with E-state index in [1.165, 1.54) is 21.0 Å². The zero-order valence-electron chi connectivity index (χ0n) is 22.3. The molecule has 1 unspecified atom stereocenters. The van der Waals surface area contributed by atoms with Crippen LogP contribution in [-0.2, 0) is 47.4 Å². The lowest BCUT2D eigenvalue weighted by Gasteiger charge is -2.47. The fraction of sp³-hybridized carbons (Fsp3) is 0.957. The van der Waals surface area contributed by atoms with Crippen molar-refractivity contribution in [2.75, 3.05) is 27.4 Å². The zero-order valence-corrected chi connectivity index (χ0v) is 22.3. The predicted molar refractivity (Wildman–Crippen MR) is 123 cm³/mol. The molecule has 0 aliphatic carbocycles. The van der Waals surface area contributed by atoms with Gasteiger partial charge in [-0.3, -0.25) is 0 Å². The molecule has 0 aromatic rings. The van der Waals surface area contributed by atoms with Crippen LogP contribution in [0.2, 0.25) is 0 Å². The van der Waals surface area contributed by atoms with Gasteiger partial charge in [0, 0.05) is 14.0 Å². The monoisotopic (exact) mass is 586 g/mol. The molecule has 0 aromatic carbocycles. The van der Waals surface area contributed by atoms with Gasteiger partial charge in [-0.05, 0) is 6.92 Å². The molecule has 232 valence electrons. The number of carbonyl (C=O) groups is 1. The van der Waals surface area contributed by atoms with E-state index in [4.69, 9.17) is 42.6 Å². The third kappa shape index (κ3) is 5.75. The minimum atomic E-state index is -2.02. The van der Waals surface area contributed by atoms with Gasteiger partial charge in [0.1, 0.15) is 67.1 Å². The Kier molecular flexibility index (Phi) is 10.0. The molecule has 7 N–H and O–H groups in total. The summed E-state index contributed by atoms with van der Waals surface area (Å²) in [5.41, 5.74) is 0. The molecule has 4 aliphatic rings. The molecule has 17 nitrogen and oxygen atoms in total. The topological polar surface area (TPSA) is 242 Å². The van der Waals surface area contributed by atoms with Crippen LogP contribution >= 0.6 is 0 Å². The average molecular weight is 587 g/mol. The van der Waals surface area contributed by atoms with E-state index in [1.807, 2.05) is 0 Å². The van der Waals surface area contributed by atoms with Gasteiger partial charge in [-0.25, -0.2) is 4.79 Å². The first kappa shape index (κ1) is 31.8. The molecule has 0 aromatic heterocycles. The van der Waals surface area contributed by atoms with E-state index < -0.39 is 117 Å². The lowest BCUT2D eigenvalue weighted by atomic mass is 9.96. The van der Waals surface area contributed by atoms with Crippen LogP contribution in [0, 0.1) is 0 Å². The summed E-state index contributed by atoms with van der Waals surface area (Å²) < 4.78 is 50.2. The van der Waals surface area contributed by atoms with Crippen LogP contribution in [0.4, 0.5) is 0 Å². The van der Waals surface area contributed by atoms with Gasteiger partial charge < -0.3 is 78.4 Å². The molecule has 4 saturated heterocycles. The van der Waals surface area contributed by atoms with E-state index in [0.29, 0.717) is 0 Å². The van der Waals surface area contributed by atoms with Crippen molar-refractivity contribution in [3.05, 3.63) is 0 Å². The zero-order chi connectivity index (χ0) is 29.5. The first-order valence-electron chi connectivity index (χ1n) is 12.8. The Morgan fingerprint density at radius 3 is 1.93 bits per heavy atom. The molecule has 40 heavy (non-hydrogen) atoms. The van der Waals surface area contributed by atoms with Crippen LogP contribution in [0.5, 0.6) is 0 Å². The SMILES string of the molecule is COC(=O)C1(C)O[C@H]2[C@@H](O[C@H]3O[C@H](CO)[C@H](O)[C@H](O)[C@H]3O)[C@@H](CO)O[C@H](O[C@@H]3[C@@H](O)[C@H](C)O[C@@H](OC)[C@@H]3O)[C@@H]2O1. The molecule has 4 rings (SSSR count). The first-order chi connectivity index (χ1) is 18.9. The standard InChI is InChI=1S/C23H38O17/c1-7-10(26)16(14(30)19(32-3)34-7)38-21-18-17(39-23(2,40-18)22(31)33-4)15(9(6-25)36-21)37-20-13(29)12(28)11(27)8(5-24)35-20/h7-21,24-30H,5-6H2,1-4H3/t7-,8+,9+,10-,11-,12-,13+,14+,15-,16+,17-,18+,19+,20+,21+,23?/m0/s1. The first-order valence-corrected chi connectivity index (χ1v) is 12.8. The predicted octanol–water partition coefficient (Wildman–Crippen LogP) is -4.94. The Labute approximate surface area is 228 Å². The average Bonchev–Trinajstić information content (AvgIpc) is 3.32. The number of methoxy groups -OCH3 is 2. The molecular formula is C23H38O17. The molecule has 4 aliphatic heterocycles. The van der Waals surface area contributed by atoms with Gasteiger partial charge in [-0.15, -0.1) is 0 Å². The molecule has 0 saturated carbocycles. The third-order valence-corrected chi connectivity index (χ3v) is 7.49. The van der Waals surface area contributed by atoms with Crippen molar-refractivity contribution >= 4 is 5.97 Å². The van der Waals surface area contributed by atoms with Crippen LogP contribution in [0.15, 0.2) is 0 Å². The van der Waals surface area contributed by atoms with Gasteiger partial charge >= 0.3 is 5.97 Å². The number of esters is 1. The second kappa shape index (κ2) is 12.6. The number of carbonyl (C=O) groups excluding carboxylic acids is 1. The lowest BCUT2D eigenvalue weighted by Crippen LogP contribution is -2.65. The Hall–Kier alpha value is -1.13. The van der Waals surface area contributed by atoms with Crippen LogP contribution in [-0.4, -0.2) is 167 Å². The molecule has 0 amide bonds. The highest BCUT2D eigenvalue weighted by atomic mass is 16.8. The molecule has 4 heterocycles. The van der Waals surface area contributed by atoms with Crippen molar-refractivity contribution in [2.24, 2.45) is 0 Å². The summed E-state index contributed by atoms with van der Waals surface area (Å²) >= 11 is 0. The summed E-state index contributed by atoms with van der Waals surface area (Å²) in [5.74, 6) is -2.96. The van der Waals surface area contributed by atoms with Crippen molar-refractivity contribution in [1.82, 2.24) is 0 Å². The maximum atomic E-state index is 12.6. The highest BCUT2D eigenvalue weighted by Gasteiger charge is 2.62. The quantitative estimate of drug-likeness (QED) is 0.132. The van der Waals surface area contributed by atoms with Crippen molar-refractivity contribution in [3.8, 4) is 0 Å². The van der Waals surface area contributed by atoms with Crippen LogP contribution in [0.3, 0.4) is 0 Å². The summed E-state index contributed by atoms with van der Waals surface area (Å²) in [6, 6.07) is 0. The van der Waals surface area contributed by atoms with E-state index in [-0.39, 0.29) is 0 Å². The van der Waals surface area contributed by atoms with Crippen molar-refractivity contribution < 1.29 is 83.2 Å². The smallest absolute Gasteiger partial charge is 0.366 e. The molecule has 0 spiro atoms. The fourth-order valence-electron chi connectivity index (χ4n) is 5.23. The maximum absolute atomic E-state index is 12.6.